The van der Waals surface area contributed by atoms with E-state index in [0.29, 0.717) is 17.3 Å². The third kappa shape index (κ3) is 5.71. The van der Waals surface area contributed by atoms with Gasteiger partial charge in [0.1, 0.15) is 0 Å². The minimum Gasteiger partial charge on any atom is -0.374 e. The predicted octanol–water partition coefficient (Wildman–Crippen LogP) is 3.07. The highest BCUT2D eigenvalue weighted by Crippen LogP contribution is 2.31. The molecule has 8 heteroatoms. The first-order valence-corrected chi connectivity index (χ1v) is 12.3. The molecule has 2 aliphatic heterocycles. The smallest absolute Gasteiger partial charge is 0.313 e. The maximum atomic E-state index is 12.7. The van der Waals surface area contributed by atoms with Crippen LogP contribution in [-0.2, 0) is 16.0 Å². The molecule has 0 bridgehead atoms. The molecule has 2 N–H and O–H groups in total. The molecule has 1 atom stereocenters. The van der Waals surface area contributed by atoms with Crippen molar-refractivity contribution in [2.75, 3.05) is 63.6 Å². The van der Waals surface area contributed by atoms with Crippen molar-refractivity contribution >= 4 is 34.8 Å². The largest absolute Gasteiger partial charge is 0.374 e. The summed E-state index contributed by atoms with van der Waals surface area (Å²) in [5, 5.41) is 6.07. The number of amides is 2. The van der Waals surface area contributed by atoms with E-state index in [0.717, 1.165) is 51.1 Å². The summed E-state index contributed by atoms with van der Waals surface area (Å²) in [7, 11) is 4.26. The summed E-state index contributed by atoms with van der Waals surface area (Å²) in [6.45, 7) is 7.13. The number of fused-ring (bicyclic) bond motifs is 1. The van der Waals surface area contributed by atoms with E-state index < -0.39 is 11.8 Å². The summed E-state index contributed by atoms with van der Waals surface area (Å²) in [4.78, 5) is 32.2. The summed E-state index contributed by atoms with van der Waals surface area (Å²) >= 11 is 6.14. The summed E-state index contributed by atoms with van der Waals surface area (Å²) in [6, 6.07) is 11.9. The number of anilines is 2. The zero-order valence-corrected chi connectivity index (χ0v) is 21.0. The molecule has 7 nitrogen and oxygen atoms in total. The molecule has 0 aromatic heterocycles. The van der Waals surface area contributed by atoms with Crippen LogP contribution >= 0.6 is 11.6 Å². The van der Waals surface area contributed by atoms with Crippen LogP contribution < -0.4 is 15.5 Å². The van der Waals surface area contributed by atoms with Gasteiger partial charge in [-0.1, -0.05) is 29.8 Å². The molecule has 1 saturated heterocycles. The molecular weight excluding hydrogens is 450 g/mol. The first kappa shape index (κ1) is 24.5. The Bertz CT molecular complexity index is 1050. The molecule has 0 saturated carbocycles. The number of benzene rings is 2. The van der Waals surface area contributed by atoms with Crippen LogP contribution in [0, 0.1) is 6.92 Å². The van der Waals surface area contributed by atoms with Crippen molar-refractivity contribution in [3.63, 3.8) is 0 Å². The Kier molecular flexibility index (Phi) is 7.76. The third-order valence-corrected chi connectivity index (χ3v) is 7.32. The maximum absolute atomic E-state index is 12.7. The lowest BCUT2D eigenvalue weighted by Crippen LogP contribution is -2.49. The van der Waals surface area contributed by atoms with Crippen LogP contribution in [0.4, 0.5) is 11.4 Å². The van der Waals surface area contributed by atoms with Crippen LogP contribution in [0.3, 0.4) is 0 Å². The minimum absolute atomic E-state index is 0.0109. The molecule has 1 unspecified atom stereocenters. The molecule has 2 aromatic rings. The van der Waals surface area contributed by atoms with Crippen LogP contribution in [0.25, 0.3) is 0 Å². The van der Waals surface area contributed by atoms with Crippen LogP contribution in [0.1, 0.15) is 29.2 Å². The zero-order chi connectivity index (χ0) is 24.2. The SMILES string of the molecule is Cc1ccc(NC(=O)C(=O)NCC(c2ccc3c(c2)CCCN3C)N2CCN(C)CC2)cc1Cl. The van der Waals surface area contributed by atoms with Gasteiger partial charge in [0.05, 0.1) is 6.04 Å². The Balaban J connectivity index is 1.47. The maximum Gasteiger partial charge on any atom is 0.313 e. The normalized spacial score (nSPS) is 17.7. The van der Waals surface area contributed by atoms with E-state index in [1.165, 1.54) is 16.8 Å². The van der Waals surface area contributed by atoms with Crippen molar-refractivity contribution in [3.8, 4) is 0 Å². The van der Waals surface area contributed by atoms with Gasteiger partial charge in [-0.25, -0.2) is 0 Å². The molecule has 0 spiro atoms. The highest BCUT2D eigenvalue weighted by atomic mass is 35.5. The number of rotatable bonds is 5. The summed E-state index contributed by atoms with van der Waals surface area (Å²) < 4.78 is 0. The molecule has 4 rings (SSSR count). The average Bonchev–Trinajstić information content (AvgIpc) is 2.82. The van der Waals surface area contributed by atoms with Gasteiger partial charge in [-0.05, 0) is 61.7 Å². The molecule has 1 fully saturated rings. The number of carbonyl (C=O) groups excluding carboxylic acids is 2. The number of hydrogen-bond donors (Lipinski definition) is 2. The predicted molar refractivity (Wildman–Crippen MR) is 138 cm³/mol. The third-order valence-electron chi connectivity index (χ3n) is 6.91. The molecule has 2 amide bonds. The van der Waals surface area contributed by atoms with Gasteiger partial charge < -0.3 is 20.4 Å². The molecule has 0 radical (unpaired) electrons. The Morgan fingerprint density at radius 3 is 2.50 bits per heavy atom. The van der Waals surface area contributed by atoms with Gasteiger partial charge in [-0.3, -0.25) is 14.5 Å². The van der Waals surface area contributed by atoms with Crippen molar-refractivity contribution in [2.24, 2.45) is 0 Å². The van der Waals surface area contributed by atoms with Gasteiger partial charge in [0.2, 0.25) is 0 Å². The fourth-order valence-corrected chi connectivity index (χ4v) is 4.91. The molecule has 2 aliphatic rings. The number of aryl methyl sites for hydroxylation is 2. The fraction of sp³-hybridized carbons (Fsp3) is 0.462. The van der Waals surface area contributed by atoms with E-state index in [1.54, 1.807) is 12.1 Å². The van der Waals surface area contributed by atoms with E-state index in [-0.39, 0.29) is 6.04 Å². The Morgan fingerprint density at radius 2 is 1.76 bits per heavy atom. The molecule has 0 aliphatic carbocycles. The number of carbonyl (C=O) groups is 2. The minimum atomic E-state index is -0.691. The van der Waals surface area contributed by atoms with Crippen LogP contribution in [-0.4, -0.2) is 75.0 Å². The number of piperazine rings is 1. The quantitative estimate of drug-likeness (QED) is 0.640. The van der Waals surface area contributed by atoms with Gasteiger partial charge in [0.15, 0.2) is 0 Å². The Hall–Kier alpha value is -2.61. The Labute approximate surface area is 207 Å². The lowest BCUT2D eigenvalue weighted by molar-refractivity contribution is -0.136. The van der Waals surface area contributed by atoms with Gasteiger partial charge >= 0.3 is 11.8 Å². The number of likely N-dealkylation sites (N-methyl/N-ethyl adjacent to an activating group) is 1. The van der Waals surface area contributed by atoms with Gasteiger partial charge in [0.25, 0.3) is 0 Å². The lowest BCUT2D eigenvalue weighted by Gasteiger charge is -2.39. The van der Waals surface area contributed by atoms with E-state index in [2.05, 4.69) is 57.6 Å². The van der Waals surface area contributed by atoms with E-state index in [9.17, 15) is 9.59 Å². The van der Waals surface area contributed by atoms with Crippen LogP contribution in [0.15, 0.2) is 36.4 Å². The van der Waals surface area contributed by atoms with Crippen molar-refractivity contribution in [3.05, 3.63) is 58.1 Å². The summed E-state index contributed by atoms with van der Waals surface area (Å²) in [5.41, 5.74) is 5.24. The van der Waals surface area contributed by atoms with Crippen molar-refractivity contribution < 1.29 is 9.59 Å². The molecule has 34 heavy (non-hydrogen) atoms. The van der Waals surface area contributed by atoms with Crippen LogP contribution in [0.2, 0.25) is 5.02 Å². The zero-order valence-electron chi connectivity index (χ0n) is 20.2. The van der Waals surface area contributed by atoms with Gasteiger partial charge in [-0.15, -0.1) is 0 Å². The standard InChI is InChI=1S/C26H34ClN5O2/c1-18-6-8-21(16-22(18)27)29-26(34)25(33)28-17-24(32-13-11-30(2)12-14-32)20-7-9-23-19(15-20)5-4-10-31(23)3/h6-9,15-16,24H,4-5,10-14,17H2,1-3H3,(H,28,33)(H,29,34). The average molecular weight is 484 g/mol. The second kappa shape index (κ2) is 10.8. The van der Waals surface area contributed by atoms with Crippen LogP contribution in [0.5, 0.6) is 0 Å². The van der Waals surface area contributed by atoms with Crippen molar-refractivity contribution in [2.45, 2.75) is 25.8 Å². The molecular formula is C26H34ClN5O2. The van der Waals surface area contributed by atoms with Crippen molar-refractivity contribution in [1.82, 2.24) is 15.1 Å². The van der Waals surface area contributed by atoms with Gasteiger partial charge in [0, 0.05) is 62.7 Å². The number of nitrogens with zero attached hydrogens (tertiary/aromatic N) is 3. The summed E-state index contributed by atoms with van der Waals surface area (Å²) in [5.74, 6) is -1.34. The Morgan fingerprint density at radius 1 is 1.00 bits per heavy atom. The monoisotopic (exact) mass is 483 g/mol. The summed E-state index contributed by atoms with van der Waals surface area (Å²) in [6.07, 6.45) is 2.21. The number of nitrogens with one attached hydrogen (secondary N) is 2. The van der Waals surface area contributed by atoms with Crippen molar-refractivity contribution in [1.29, 1.82) is 0 Å². The number of halogens is 1. The first-order chi connectivity index (χ1) is 16.3. The molecule has 2 heterocycles. The highest BCUT2D eigenvalue weighted by molar-refractivity contribution is 6.39. The second-order valence-electron chi connectivity index (χ2n) is 9.40. The molecule has 182 valence electrons. The van der Waals surface area contributed by atoms with Gasteiger partial charge in [-0.2, -0.15) is 0 Å². The first-order valence-electron chi connectivity index (χ1n) is 11.9. The second-order valence-corrected chi connectivity index (χ2v) is 9.80. The highest BCUT2D eigenvalue weighted by Gasteiger charge is 2.27. The molecule has 2 aromatic carbocycles. The lowest BCUT2D eigenvalue weighted by atomic mass is 9.95. The van der Waals surface area contributed by atoms with E-state index in [4.69, 9.17) is 11.6 Å². The number of hydrogen-bond acceptors (Lipinski definition) is 5. The van der Waals surface area contributed by atoms with E-state index >= 15 is 0 Å². The topological polar surface area (TPSA) is 67.9 Å². The van der Waals surface area contributed by atoms with E-state index in [1.807, 2.05) is 13.0 Å². The fourth-order valence-electron chi connectivity index (χ4n) is 4.73.